The van der Waals surface area contributed by atoms with Gasteiger partial charge in [0.25, 0.3) is 0 Å². The fourth-order valence-corrected chi connectivity index (χ4v) is 3.38. The van der Waals surface area contributed by atoms with Crippen LogP contribution in [0.15, 0.2) is 71.9 Å². The molecule has 0 saturated heterocycles. The van der Waals surface area contributed by atoms with Crippen LogP contribution in [-0.4, -0.2) is 10.3 Å². The number of aromatic nitrogens is 1. The molecular formula is C23H24N2. The highest BCUT2D eigenvalue weighted by molar-refractivity contribution is 6.09. The van der Waals surface area contributed by atoms with Gasteiger partial charge in [-0.05, 0) is 41.7 Å². The maximum atomic E-state index is 4.87. The minimum Gasteiger partial charge on any atom is -0.347 e. The first kappa shape index (κ1) is 15.9. The van der Waals surface area contributed by atoms with Gasteiger partial charge >= 0.3 is 0 Å². The van der Waals surface area contributed by atoms with Crippen molar-refractivity contribution < 1.29 is 0 Å². The molecule has 0 saturated carbocycles. The van der Waals surface area contributed by atoms with Crippen LogP contribution < -0.4 is 0 Å². The average molecular weight is 328 g/mol. The smallest absolute Gasteiger partial charge is 0.0669 e. The zero-order valence-corrected chi connectivity index (χ0v) is 14.9. The van der Waals surface area contributed by atoms with Gasteiger partial charge in [-0.25, -0.2) is 0 Å². The van der Waals surface area contributed by atoms with Crippen molar-refractivity contribution in [2.75, 3.05) is 0 Å². The van der Waals surface area contributed by atoms with Gasteiger partial charge in [0.1, 0.15) is 0 Å². The number of benzene rings is 2. The summed E-state index contributed by atoms with van der Waals surface area (Å²) in [6.07, 6.45) is 6.55. The molecule has 0 bridgehead atoms. The fourth-order valence-electron chi connectivity index (χ4n) is 3.38. The van der Waals surface area contributed by atoms with Gasteiger partial charge in [0.15, 0.2) is 0 Å². The van der Waals surface area contributed by atoms with E-state index in [4.69, 9.17) is 4.99 Å². The normalized spacial score (nSPS) is 14.2. The van der Waals surface area contributed by atoms with Crippen LogP contribution in [-0.2, 0) is 6.54 Å². The third-order valence-electron chi connectivity index (χ3n) is 4.87. The van der Waals surface area contributed by atoms with E-state index in [1.807, 2.05) is 6.07 Å². The van der Waals surface area contributed by atoms with Gasteiger partial charge in [0, 0.05) is 30.1 Å². The topological polar surface area (TPSA) is 17.3 Å². The SMILES string of the molecule is CC(C)CCn1ccc2cc(C3=NC(c4ccccc4)=CC3)ccc21. The summed E-state index contributed by atoms with van der Waals surface area (Å²) in [6.45, 7) is 5.64. The summed E-state index contributed by atoms with van der Waals surface area (Å²) in [5, 5.41) is 1.30. The number of allylic oxidation sites excluding steroid dienone is 1. The van der Waals surface area contributed by atoms with Gasteiger partial charge < -0.3 is 4.57 Å². The summed E-state index contributed by atoms with van der Waals surface area (Å²) in [7, 11) is 0. The van der Waals surface area contributed by atoms with Crippen molar-refractivity contribution in [2.45, 2.75) is 33.2 Å². The van der Waals surface area contributed by atoms with Crippen LogP contribution in [0.3, 0.4) is 0 Å². The van der Waals surface area contributed by atoms with Crippen LogP contribution in [0.25, 0.3) is 16.6 Å². The molecule has 1 aromatic heterocycles. The molecule has 4 rings (SSSR count). The molecule has 0 aliphatic carbocycles. The molecule has 126 valence electrons. The average Bonchev–Trinajstić information content (AvgIpc) is 3.27. The molecule has 2 aromatic carbocycles. The molecule has 0 amide bonds. The van der Waals surface area contributed by atoms with Crippen molar-refractivity contribution in [3.05, 3.63) is 78.0 Å². The highest BCUT2D eigenvalue weighted by Gasteiger charge is 2.13. The van der Waals surface area contributed by atoms with Crippen molar-refractivity contribution in [3.63, 3.8) is 0 Å². The maximum Gasteiger partial charge on any atom is 0.0669 e. The van der Waals surface area contributed by atoms with E-state index in [0.29, 0.717) is 0 Å². The lowest BCUT2D eigenvalue weighted by atomic mass is 10.1. The van der Waals surface area contributed by atoms with Gasteiger partial charge in [0.05, 0.1) is 11.4 Å². The molecule has 2 nitrogen and oxygen atoms in total. The summed E-state index contributed by atoms with van der Waals surface area (Å²) in [6, 6.07) is 19.4. The largest absolute Gasteiger partial charge is 0.347 e. The number of aliphatic imine (C=N–C) groups is 1. The second-order valence-corrected chi connectivity index (χ2v) is 7.18. The molecule has 3 aromatic rings. The van der Waals surface area contributed by atoms with Crippen molar-refractivity contribution in [2.24, 2.45) is 10.9 Å². The highest BCUT2D eigenvalue weighted by Crippen LogP contribution is 2.26. The fraction of sp³-hybridized carbons (Fsp3) is 0.261. The summed E-state index contributed by atoms with van der Waals surface area (Å²) >= 11 is 0. The van der Waals surface area contributed by atoms with Crippen LogP contribution in [0.1, 0.15) is 37.8 Å². The van der Waals surface area contributed by atoms with E-state index in [-0.39, 0.29) is 0 Å². The van der Waals surface area contributed by atoms with Crippen LogP contribution in [0.5, 0.6) is 0 Å². The van der Waals surface area contributed by atoms with Crippen molar-refractivity contribution in [3.8, 4) is 0 Å². The Labute approximate surface area is 149 Å². The highest BCUT2D eigenvalue weighted by atomic mass is 14.9. The first-order chi connectivity index (χ1) is 12.2. The zero-order valence-electron chi connectivity index (χ0n) is 14.9. The predicted molar refractivity (Wildman–Crippen MR) is 107 cm³/mol. The van der Waals surface area contributed by atoms with E-state index in [0.717, 1.165) is 30.3 Å². The predicted octanol–water partition coefficient (Wildman–Crippen LogP) is 5.92. The molecule has 1 aliphatic heterocycles. The number of aryl methyl sites for hydroxylation is 1. The molecule has 0 atom stereocenters. The summed E-state index contributed by atoms with van der Waals surface area (Å²) in [4.78, 5) is 4.87. The first-order valence-electron chi connectivity index (χ1n) is 9.13. The summed E-state index contributed by atoms with van der Waals surface area (Å²) in [5.41, 5.74) is 6.00. The van der Waals surface area contributed by atoms with Crippen molar-refractivity contribution in [1.29, 1.82) is 0 Å². The van der Waals surface area contributed by atoms with Crippen molar-refractivity contribution >= 4 is 22.3 Å². The molecule has 0 radical (unpaired) electrons. The minimum absolute atomic E-state index is 0.729. The molecular weight excluding hydrogens is 304 g/mol. The third kappa shape index (κ3) is 3.30. The molecule has 0 fully saturated rings. The van der Waals surface area contributed by atoms with E-state index in [1.165, 1.54) is 28.5 Å². The lowest BCUT2D eigenvalue weighted by Gasteiger charge is -2.08. The lowest BCUT2D eigenvalue weighted by molar-refractivity contribution is 0.524. The van der Waals surface area contributed by atoms with E-state index in [9.17, 15) is 0 Å². The number of hydrogen-bond donors (Lipinski definition) is 0. The zero-order chi connectivity index (χ0) is 17.2. The van der Waals surface area contributed by atoms with E-state index in [1.54, 1.807) is 0 Å². The third-order valence-corrected chi connectivity index (χ3v) is 4.87. The summed E-state index contributed by atoms with van der Waals surface area (Å²) < 4.78 is 2.36. The Balaban J connectivity index is 1.59. The van der Waals surface area contributed by atoms with E-state index < -0.39 is 0 Å². The Kier molecular flexibility index (Phi) is 4.27. The molecule has 0 spiro atoms. The number of nitrogens with zero attached hydrogens (tertiary/aromatic N) is 2. The standard InChI is InChI=1S/C23H24N2/c1-17(2)12-14-25-15-13-20-16-19(8-11-23(20)25)22-10-9-21(24-22)18-6-4-3-5-7-18/h3-9,11,13,15-17H,10,12,14H2,1-2H3. The van der Waals surface area contributed by atoms with Gasteiger partial charge in [-0.2, -0.15) is 0 Å². The second-order valence-electron chi connectivity index (χ2n) is 7.18. The van der Waals surface area contributed by atoms with Crippen LogP contribution in [0, 0.1) is 5.92 Å². The molecule has 1 aliphatic rings. The summed E-state index contributed by atoms with van der Waals surface area (Å²) in [5.74, 6) is 0.729. The Morgan fingerprint density at radius 3 is 2.64 bits per heavy atom. The minimum atomic E-state index is 0.729. The second kappa shape index (κ2) is 6.72. The lowest BCUT2D eigenvalue weighted by Crippen LogP contribution is -2.00. The molecule has 25 heavy (non-hydrogen) atoms. The number of rotatable bonds is 5. The van der Waals surface area contributed by atoms with E-state index in [2.05, 4.69) is 79.2 Å². The molecule has 2 heteroatoms. The number of fused-ring (bicyclic) bond motifs is 1. The Morgan fingerprint density at radius 1 is 1.00 bits per heavy atom. The van der Waals surface area contributed by atoms with Gasteiger partial charge in [-0.15, -0.1) is 0 Å². The van der Waals surface area contributed by atoms with Crippen LogP contribution >= 0.6 is 0 Å². The molecule has 0 N–H and O–H groups in total. The van der Waals surface area contributed by atoms with Crippen LogP contribution in [0.4, 0.5) is 0 Å². The first-order valence-corrected chi connectivity index (χ1v) is 9.13. The maximum absolute atomic E-state index is 4.87. The Hall–Kier alpha value is -2.61. The molecule has 2 heterocycles. The monoisotopic (exact) mass is 328 g/mol. The van der Waals surface area contributed by atoms with E-state index >= 15 is 0 Å². The number of hydrogen-bond acceptors (Lipinski definition) is 1. The van der Waals surface area contributed by atoms with Crippen molar-refractivity contribution in [1.82, 2.24) is 4.57 Å². The van der Waals surface area contributed by atoms with Gasteiger partial charge in [-0.3, -0.25) is 4.99 Å². The Morgan fingerprint density at radius 2 is 1.84 bits per heavy atom. The van der Waals surface area contributed by atoms with Gasteiger partial charge in [-0.1, -0.05) is 56.3 Å². The molecule has 0 unspecified atom stereocenters. The Bertz CT molecular complexity index is 943. The van der Waals surface area contributed by atoms with Gasteiger partial charge in [0.2, 0.25) is 0 Å². The van der Waals surface area contributed by atoms with Crippen LogP contribution in [0.2, 0.25) is 0 Å². The quantitative estimate of drug-likeness (QED) is 0.553.